The molecule has 1 amide bonds. The summed E-state index contributed by atoms with van der Waals surface area (Å²) < 4.78 is 0. The van der Waals surface area contributed by atoms with E-state index < -0.39 is 0 Å². The summed E-state index contributed by atoms with van der Waals surface area (Å²) in [5.74, 6) is 1.000. The molecule has 1 aliphatic rings. The Kier molecular flexibility index (Phi) is 9.36. The Bertz CT molecular complexity index is 176. The molecule has 2 nitrogen and oxygen atoms in total. The molecule has 0 aliphatic carbocycles. The molecular formula is C14H29NO. The van der Waals surface area contributed by atoms with Crippen LogP contribution in [-0.2, 0) is 4.79 Å². The molecule has 0 saturated carbocycles. The van der Waals surface area contributed by atoms with E-state index in [0.717, 1.165) is 19.0 Å². The number of amides is 1. The number of unbranched alkanes of at least 4 members (excludes halogenated alkanes) is 3. The van der Waals surface area contributed by atoms with Crippen molar-refractivity contribution in [2.75, 3.05) is 13.1 Å². The zero-order chi connectivity index (χ0) is 12.4. The number of rotatable bonds is 4. The Morgan fingerprint density at radius 3 is 2.00 bits per heavy atom. The Hall–Kier alpha value is -0.530. The first-order valence-corrected chi connectivity index (χ1v) is 6.91. The summed E-state index contributed by atoms with van der Waals surface area (Å²) in [5, 5.41) is 0. The van der Waals surface area contributed by atoms with Gasteiger partial charge in [0.2, 0.25) is 5.91 Å². The lowest BCUT2D eigenvalue weighted by Gasteiger charge is -2.12. The van der Waals surface area contributed by atoms with Crippen LogP contribution in [0.2, 0.25) is 0 Å². The fourth-order valence-electron chi connectivity index (χ4n) is 1.95. The zero-order valence-electron chi connectivity index (χ0n) is 11.6. The molecule has 0 aromatic heterocycles. The van der Waals surface area contributed by atoms with E-state index in [1.54, 1.807) is 6.92 Å². The second-order valence-corrected chi connectivity index (χ2v) is 4.74. The highest BCUT2D eigenvalue weighted by molar-refractivity contribution is 5.73. The first kappa shape index (κ1) is 15.5. The predicted octanol–water partition coefficient (Wildman–Crippen LogP) is 3.85. The number of hydrogen-bond acceptors (Lipinski definition) is 1. The summed E-state index contributed by atoms with van der Waals surface area (Å²) in [6.07, 6.45) is 7.95. The SMILES string of the molecule is CCCCCC.CC[C@H]1CCN(C(C)=O)C1. The van der Waals surface area contributed by atoms with Crippen LogP contribution in [0.15, 0.2) is 0 Å². The van der Waals surface area contributed by atoms with Crippen LogP contribution >= 0.6 is 0 Å². The van der Waals surface area contributed by atoms with Gasteiger partial charge in [0.15, 0.2) is 0 Å². The quantitative estimate of drug-likeness (QED) is 0.668. The molecule has 0 radical (unpaired) electrons. The minimum Gasteiger partial charge on any atom is -0.343 e. The van der Waals surface area contributed by atoms with Gasteiger partial charge in [0, 0.05) is 20.0 Å². The van der Waals surface area contributed by atoms with Crippen LogP contribution in [0, 0.1) is 5.92 Å². The molecule has 0 spiro atoms. The molecule has 0 unspecified atom stereocenters. The maximum absolute atomic E-state index is 10.8. The Labute approximate surface area is 101 Å². The third-order valence-electron chi connectivity index (χ3n) is 3.27. The average molecular weight is 227 g/mol. The van der Waals surface area contributed by atoms with Gasteiger partial charge in [-0.2, -0.15) is 0 Å². The van der Waals surface area contributed by atoms with E-state index >= 15 is 0 Å². The molecule has 1 fully saturated rings. The Morgan fingerprint density at radius 1 is 1.19 bits per heavy atom. The molecule has 0 bridgehead atoms. The zero-order valence-corrected chi connectivity index (χ0v) is 11.6. The van der Waals surface area contributed by atoms with Crippen LogP contribution in [-0.4, -0.2) is 23.9 Å². The van der Waals surface area contributed by atoms with Gasteiger partial charge in [-0.15, -0.1) is 0 Å². The molecule has 0 N–H and O–H groups in total. The molecule has 16 heavy (non-hydrogen) atoms. The van der Waals surface area contributed by atoms with Crippen LogP contribution in [0.3, 0.4) is 0 Å². The summed E-state index contributed by atoms with van der Waals surface area (Å²) in [7, 11) is 0. The maximum Gasteiger partial charge on any atom is 0.219 e. The largest absolute Gasteiger partial charge is 0.343 e. The van der Waals surface area contributed by atoms with Gasteiger partial charge in [0.1, 0.15) is 0 Å². The van der Waals surface area contributed by atoms with E-state index in [0.29, 0.717) is 0 Å². The van der Waals surface area contributed by atoms with Crippen molar-refractivity contribution in [2.45, 2.75) is 66.2 Å². The van der Waals surface area contributed by atoms with Crippen molar-refractivity contribution in [3.05, 3.63) is 0 Å². The summed E-state index contributed by atoms with van der Waals surface area (Å²) in [5.41, 5.74) is 0. The van der Waals surface area contributed by atoms with Crippen molar-refractivity contribution in [2.24, 2.45) is 5.92 Å². The Balaban J connectivity index is 0.000000325. The first-order valence-electron chi connectivity index (χ1n) is 6.91. The van der Waals surface area contributed by atoms with Crippen LogP contribution in [0.5, 0.6) is 0 Å². The lowest BCUT2D eigenvalue weighted by Crippen LogP contribution is -2.25. The second-order valence-electron chi connectivity index (χ2n) is 4.74. The molecule has 1 rings (SSSR count). The third-order valence-corrected chi connectivity index (χ3v) is 3.27. The topological polar surface area (TPSA) is 20.3 Å². The minimum absolute atomic E-state index is 0.232. The van der Waals surface area contributed by atoms with Gasteiger partial charge in [-0.25, -0.2) is 0 Å². The summed E-state index contributed by atoms with van der Waals surface area (Å²) in [4.78, 5) is 12.8. The third kappa shape index (κ3) is 6.86. The highest BCUT2D eigenvalue weighted by atomic mass is 16.2. The van der Waals surface area contributed by atoms with Gasteiger partial charge in [-0.1, -0.05) is 52.9 Å². The van der Waals surface area contributed by atoms with Gasteiger partial charge in [-0.05, 0) is 12.3 Å². The van der Waals surface area contributed by atoms with Crippen LogP contribution < -0.4 is 0 Å². The standard InChI is InChI=1S/C8H15NO.C6H14/c1-3-8-4-5-9(6-8)7(2)10;1-3-5-6-4-2/h8H,3-6H2,1-2H3;3-6H2,1-2H3/t8-;/m0./s1. The fraction of sp³-hybridized carbons (Fsp3) is 0.929. The van der Waals surface area contributed by atoms with Gasteiger partial charge in [-0.3, -0.25) is 4.79 Å². The number of hydrogen-bond donors (Lipinski definition) is 0. The first-order chi connectivity index (χ1) is 7.65. The lowest BCUT2D eigenvalue weighted by atomic mass is 10.1. The normalized spacial score (nSPS) is 19.2. The number of carbonyl (C=O) groups excluding carboxylic acids is 1. The smallest absolute Gasteiger partial charge is 0.219 e. The maximum atomic E-state index is 10.8. The second kappa shape index (κ2) is 9.68. The summed E-state index contributed by atoms with van der Waals surface area (Å²) in [6, 6.07) is 0. The van der Waals surface area contributed by atoms with Crippen molar-refractivity contribution in [3.63, 3.8) is 0 Å². The highest BCUT2D eigenvalue weighted by Gasteiger charge is 2.21. The van der Waals surface area contributed by atoms with E-state index in [9.17, 15) is 4.79 Å². The van der Waals surface area contributed by atoms with E-state index in [1.807, 2.05) is 4.90 Å². The van der Waals surface area contributed by atoms with Crippen molar-refractivity contribution in [1.82, 2.24) is 4.90 Å². The summed E-state index contributed by atoms with van der Waals surface area (Å²) >= 11 is 0. The molecule has 1 heterocycles. The molecule has 1 aliphatic heterocycles. The van der Waals surface area contributed by atoms with Crippen LogP contribution in [0.4, 0.5) is 0 Å². The Morgan fingerprint density at radius 2 is 1.75 bits per heavy atom. The average Bonchev–Trinajstić information content (AvgIpc) is 2.76. The number of likely N-dealkylation sites (tertiary alicyclic amines) is 1. The molecular weight excluding hydrogens is 198 g/mol. The van der Waals surface area contributed by atoms with Crippen LogP contribution in [0.1, 0.15) is 66.2 Å². The van der Waals surface area contributed by atoms with Gasteiger partial charge in [0.25, 0.3) is 0 Å². The highest BCUT2D eigenvalue weighted by Crippen LogP contribution is 2.18. The van der Waals surface area contributed by atoms with E-state index in [-0.39, 0.29) is 5.91 Å². The molecule has 0 aromatic carbocycles. The fourth-order valence-corrected chi connectivity index (χ4v) is 1.95. The summed E-state index contributed by atoms with van der Waals surface area (Å²) in [6.45, 7) is 10.3. The van der Waals surface area contributed by atoms with Crippen molar-refractivity contribution < 1.29 is 4.79 Å². The van der Waals surface area contributed by atoms with E-state index in [4.69, 9.17) is 0 Å². The number of carbonyl (C=O) groups is 1. The number of nitrogens with zero attached hydrogens (tertiary/aromatic N) is 1. The molecule has 1 atom stereocenters. The molecule has 96 valence electrons. The van der Waals surface area contributed by atoms with Crippen molar-refractivity contribution in [3.8, 4) is 0 Å². The van der Waals surface area contributed by atoms with Gasteiger partial charge in [0.05, 0.1) is 0 Å². The van der Waals surface area contributed by atoms with E-state index in [2.05, 4.69) is 20.8 Å². The van der Waals surface area contributed by atoms with Crippen LogP contribution in [0.25, 0.3) is 0 Å². The van der Waals surface area contributed by atoms with Crippen molar-refractivity contribution >= 4 is 5.91 Å². The van der Waals surface area contributed by atoms with Gasteiger partial charge >= 0.3 is 0 Å². The molecule has 1 saturated heterocycles. The molecule has 0 aromatic rings. The predicted molar refractivity (Wildman–Crippen MR) is 70.5 cm³/mol. The van der Waals surface area contributed by atoms with Crippen molar-refractivity contribution in [1.29, 1.82) is 0 Å². The molecule has 2 heteroatoms. The lowest BCUT2D eigenvalue weighted by molar-refractivity contribution is -0.127. The minimum atomic E-state index is 0.232. The van der Waals surface area contributed by atoms with Gasteiger partial charge < -0.3 is 4.90 Å². The van der Waals surface area contributed by atoms with E-state index in [1.165, 1.54) is 38.5 Å². The monoisotopic (exact) mass is 227 g/mol.